The molecule has 0 spiro atoms. The number of hydrogen-bond acceptors (Lipinski definition) is 5. The summed E-state index contributed by atoms with van der Waals surface area (Å²) in [6.07, 6.45) is 3.86. The molecule has 0 saturated carbocycles. The van der Waals surface area contributed by atoms with E-state index in [1.807, 2.05) is 6.07 Å². The molecule has 1 aromatic carbocycles. The van der Waals surface area contributed by atoms with Crippen LogP contribution in [0.1, 0.15) is 41.3 Å². The summed E-state index contributed by atoms with van der Waals surface area (Å²) in [7, 11) is 0. The van der Waals surface area contributed by atoms with Crippen molar-refractivity contribution in [3.8, 4) is 5.75 Å². The predicted molar refractivity (Wildman–Crippen MR) is 83.0 cm³/mol. The Hall–Kier alpha value is -2.30. The number of rotatable bonds is 1. The largest absolute Gasteiger partial charge is 0.506 e. The first-order valence-electron chi connectivity index (χ1n) is 7.68. The highest BCUT2D eigenvalue weighted by Gasteiger charge is 2.29. The number of ketones is 1. The molecule has 0 radical (unpaired) electrons. The van der Waals surface area contributed by atoms with Crippen LogP contribution >= 0.6 is 0 Å². The van der Waals surface area contributed by atoms with Gasteiger partial charge in [-0.25, -0.2) is 4.79 Å². The predicted octanol–water partition coefficient (Wildman–Crippen LogP) is 2.40. The summed E-state index contributed by atoms with van der Waals surface area (Å²) in [6, 6.07) is 1.89. The van der Waals surface area contributed by atoms with Crippen LogP contribution in [0.2, 0.25) is 0 Å². The Bertz CT molecular complexity index is 863. The van der Waals surface area contributed by atoms with E-state index >= 15 is 0 Å². The molecule has 0 bridgehead atoms. The molecule has 114 valence electrons. The molecular formula is C17H17NO4. The van der Waals surface area contributed by atoms with Crippen LogP contribution in [0.15, 0.2) is 15.3 Å². The molecule has 1 N–H and O–H groups in total. The van der Waals surface area contributed by atoms with Crippen molar-refractivity contribution in [2.24, 2.45) is 0 Å². The van der Waals surface area contributed by atoms with E-state index < -0.39 is 11.4 Å². The molecule has 5 heteroatoms. The maximum Gasteiger partial charge on any atom is 0.351 e. The number of aryl methyl sites for hydroxylation is 2. The van der Waals surface area contributed by atoms with Crippen molar-refractivity contribution in [3.63, 3.8) is 0 Å². The number of fused-ring (bicyclic) bond motifs is 2. The van der Waals surface area contributed by atoms with Crippen molar-refractivity contribution in [2.45, 2.75) is 32.6 Å². The van der Waals surface area contributed by atoms with Gasteiger partial charge in [-0.3, -0.25) is 4.79 Å². The van der Waals surface area contributed by atoms with Gasteiger partial charge in [0, 0.05) is 24.3 Å². The summed E-state index contributed by atoms with van der Waals surface area (Å²) in [5.41, 5.74) is 2.79. The number of benzene rings is 1. The summed E-state index contributed by atoms with van der Waals surface area (Å²) in [5, 5.41) is 10.9. The lowest BCUT2D eigenvalue weighted by atomic mass is 9.89. The quantitative estimate of drug-likeness (QED) is 0.647. The Morgan fingerprint density at radius 2 is 2.00 bits per heavy atom. The molecule has 2 aliphatic rings. The molecule has 0 amide bonds. The summed E-state index contributed by atoms with van der Waals surface area (Å²) in [5.74, 6) is -0.707. The van der Waals surface area contributed by atoms with Gasteiger partial charge >= 0.3 is 5.63 Å². The van der Waals surface area contributed by atoms with Crippen molar-refractivity contribution in [1.29, 1.82) is 0 Å². The number of carbonyl (C=O) groups excluding carboxylic acids is 1. The molecule has 0 fully saturated rings. The van der Waals surface area contributed by atoms with E-state index in [1.165, 1.54) is 18.2 Å². The van der Waals surface area contributed by atoms with Crippen molar-refractivity contribution < 1.29 is 14.3 Å². The Morgan fingerprint density at radius 3 is 2.73 bits per heavy atom. The minimum atomic E-state index is -0.748. The van der Waals surface area contributed by atoms with Crippen LogP contribution in [-0.4, -0.2) is 24.0 Å². The zero-order valence-corrected chi connectivity index (χ0v) is 12.4. The van der Waals surface area contributed by atoms with Crippen molar-refractivity contribution >= 4 is 22.4 Å². The van der Waals surface area contributed by atoms with Crippen molar-refractivity contribution in [3.05, 3.63) is 33.2 Å². The summed E-state index contributed by atoms with van der Waals surface area (Å²) in [6.45, 7) is 3.31. The van der Waals surface area contributed by atoms with E-state index in [0.29, 0.717) is 11.0 Å². The van der Waals surface area contributed by atoms with Crippen LogP contribution in [0.3, 0.4) is 0 Å². The van der Waals surface area contributed by atoms with E-state index in [0.717, 1.165) is 44.3 Å². The first-order chi connectivity index (χ1) is 10.6. The van der Waals surface area contributed by atoms with Crippen LogP contribution in [0.5, 0.6) is 5.75 Å². The first kappa shape index (κ1) is 13.4. The Kier molecular flexibility index (Phi) is 2.79. The highest BCUT2D eigenvalue weighted by molar-refractivity contribution is 6.03. The maximum atomic E-state index is 12.1. The standard InChI is InChI=1S/C17H17NO4/c1-9(19)13-15(20)12-8-10-4-2-6-18-7-3-5-11(14(10)18)16(12)22-17(13)21/h8,20H,2-7H2,1H3. The average Bonchev–Trinajstić information content (AvgIpc) is 2.49. The van der Waals surface area contributed by atoms with Gasteiger partial charge in [0.2, 0.25) is 0 Å². The van der Waals surface area contributed by atoms with Gasteiger partial charge in [-0.05, 0) is 44.2 Å². The zero-order valence-electron chi connectivity index (χ0n) is 12.4. The lowest BCUT2D eigenvalue weighted by Gasteiger charge is -2.37. The molecule has 0 saturated heterocycles. The number of nitrogens with zero attached hydrogens (tertiary/aromatic N) is 1. The molecular weight excluding hydrogens is 282 g/mol. The zero-order chi connectivity index (χ0) is 15.4. The molecule has 4 rings (SSSR count). The number of hydrogen-bond donors (Lipinski definition) is 1. The topological polar surface area (TPSA) is 70.7 Å². The van der Waals surface area contributed by atoms with Crippen LogP contribution in [-0.2, 0) is 12.8 Å². The molecule has 1 aromatic heterocycles. The van der Waals surface area contributed by atoms with Gasteiger partial charge in [-0.2, -0.15) is 0 Å². The summed E-state index contributed by atoms with van der Waals surface area (Å²) < 4.78 is 5.44. The highest BCUT2D eigenvalue weighted by Crippen LogP contribution is 2.42. The van der Waals surface area contributed by atoms with E-state index in [1.54, 1.807) is 0 Å². The normalized spacial score (nSPS) is 16.7. The lowest BCUT2D eigenvalue weighted by molar-refractivity contribution is 0.101. The second-order valence-electron chi connectivity index (χ2n) is 6.10. The maximum absolute atomic E-state index is 12.1. The third kappa shape index (κ3) is 1.71. The van der Waals surface area contributed by atoms with Gasteiger partial charge in [0.1, 0.15) is 16.9 Å². The van der Waals surface area contributed by atoms with Crippen LogP contribution in [0, 0.1) is 0 Å². The van der Waals surface area contributed by atoms with Gasteiger partial charge in [-0.15, -0.1) is 0 Å². The third-order valence-corrected chi connectivity index (χ3v) is 4.72. The summed E-state index contributed by atoms with van der Waals surface area (Å²) in [4.78, 5) is 26.0. The van der Waals surface area contributed by atoms with Gasteiger partial charge in [0.15, 0.2) is 5.78 Å². The van der Waals surface area contributed by atoms with Crippen LogP contribution in [0.25, 0.3) is 11.0 Å². The smallest absolute Gasteiger partial charge is 0.351 e. The Morgan fingerprint density at radius 1 is 1.27 bits per heavy atom. The average molecular weight is 299 g/mol. The van der Waals surface area contributed by atoms with Crippen molar-refractivity contribution in [1.82, 2.24) is 0 Å². The van der Waals surface area contributed by atoms with E-state index in [-0.39, 0.29) is 11.3 Å². The monoisotopic (exact) mass is 299 g/mol. The third-order valence-electron chi connectivity index (χ3n) is 4.72. The molecule has 2 aromatic rings. The molecule has 0 unspecified atom stereocenters. The number of carbonyl (C=O) groups is 1. The van der Waals surface area contributed by atoms with Gasteiger partial charge < -0.3 is 14.4 Å². The first-order valence-corrected chi connectivity index (χ1v) is 7.68. The molecule has 22 heavy (non-hydrogen) atoms. The van der Waals surface area contributed by atoms with E-state index in [9.17, 15) is 14.7 Å². The number of aromatic hydroxyl groups is 1. The van der Waals surface area contributed by atoms with E-state index in [2.05, 4.69) is 4.90 Å². The Balaban J connectivity index is 2.13. The van der Waals surface area contributed by atoms with E-state index in [4.69, 9.17) is 4.42 Å². The fourth-order valence-corrected chi connectivity index (χ4v) is 3.81. The number of Topliss-reactive ketones (excluding diaryl/α,β-unsaturated/α-hetero) is 1. The summed E-state index contributed by atoms with van der Waals surface area (Å²) >= 11 is 0. The lowest BCUT2D eigenvalue weighted by Crippen LogP contribution is -2.34. The number of anilines is 1. The fraction of sp³-hybridized carbons (Fsp3) is 0.412. The van der Waals surface area contributed by atoms with Gasteiger partial charge in [0.25, 0.3) is 0 Å². The molecule has 2 aliphatic heterocycles. The van der Waals surface area contributed by atoms with Gasteiger partial charge in [0.05, 0.1) is 5.39 Å². The van der Waals surface area contributed by atoms with Crippen LogP contribution in [0.4, 0.5) is 5.69 Å². The van der Waals surface area contributed by atoms with Gasteiger partial charge in [-0.1, -0.05) is 0 Å². The SMILES string of the molecule is CC(=O)c1c(O)c2cc3c4c(c2oc1=O)CCCN4CCC3. The second kappa shape index (κ2) is 4.60. The molecule has 3 heterocycles. The molecule has 0 aliphatic carbocycles. The minimum Gasteiger partial charge on any atom is -0.506 e. The fourth-order valence-electron chi connectivity index (χ4n) is 3.81. The van der Waals surface area contributed by atoms with Crippen molar-refractivity contribution in [2.75, 3.05) is 18.0 Å². The second-order valence-corrected chi connectivity index (χ2v) is 6.10. The highest BCUT2D eigenvalue weighted by atomic mass is 16.4. The minimum absolute atomic E-state index is 0.236. The van der Waals surface area contributed by atoms with Crippen LogP contribution < -0.4 is 10.5 Å². The molecule has 0 atom stereocenters. The molecule has 5 nitrogen and oxygen atoms in total. The Labute approximate surface area is 127 Å².